The number of guanidine groups is 1. The van der Waals surface area contributed by atoms with E-state index in [1.807, 2.05) is 6.07 Å². The largest absolute Gasteiger partial charge is 0.351 e. The highest BCUT2D eigenvalue weighted by atomic mass is 32.1. The van der Waals surface area contributed by atoms with Gasteiger partial charge in [-0.25, -0.2) is 4.99 Å². The van der Waals surface area contributed by atoms with Crippen molar-refractivity contribution in [2.75, 3.05) is 20.6 Å². The number of nitrogens with one attached hydrogen (secondary N) is 2. The first kappa shape index (κ1) is 20.0. The summed E-state index contributed by atoms with van der Waals surface area (Å²) in [5.41, 5.74) is 2.51. The minimum atomic E-state index is -0.0258. The van der Waals surface area contributed by atoms with Crippen LogP contribution in [0.3, 0.4) is 0 Å². The van der Waals surface area contributed by atoms with Crippen LogP contribution in [-0.2, 0) is 17.8 Å². The molecule has 2 rings (SSSR count). The number of benzene rings is 1. The number of nitrogens with zero attached hydrogens (tertiary/aromatic N) is 2. The Morgan fingerprint density at radius 1 is 1.23 bits per heavy atom. The molecule has 2 N–H and O–H groups in total. The van der Waals surface area contributed by atoms with Crippen LogP contribution in [0.2, 0.25) is 0 Å². The molecule has 0 saturated carbocycles. The molecule has 1 aromatic carbocycles. The van der Waals surface area contributed by atoms with Gasteiger partial charge in [-0.15, -0.1) is 11.3 Å². The van der Waals surface area contributed by atoms with E-state index >= 15 is 0 Å². The fourth-order valence-electron chi connectivity index (χ4n) is 2.36. The fourth-order valence-corrected chi connectivity index (χ4v) is 3.00. The van der Waals surface area contributed by atoms with Crippen LogP contribution < -0.4 is 10.6 Å². The molecule has 6 heteroatoms. The van der Waals surface area contributed by atoms with Gasteiger partial charge in [0.15, 0.2) is 5.96 Å². The molecule has 1 atom stereocenters. The van der Waals surface area contributed by atoms with Crippen LogP contribution in [0.5, 0.6) is 0 Å². The van der Waals surface area contributed by atoms with Crippen LogP contribution in [0.4, 0.5) is 0 Å². The molecule has 2 aromatic rings. The van der Waals surface area contributed by atoms with Gasteiger partial charge in [0, 0.05) is 19.0 Å². The predicted molar refractivity (Wildman–Crippen MR) is 110 cm³/mol. The van der Waals surface area contributed by atoms with Gasteiger partial charge < -0.3 is 15.5 Å². The number of aryl methyl sites for hydroxylation is 1. The molecule has 0 saturated heterocycles. The first-order valence-corrected chi connectivity index (χ1v) is 9.73. The molecule has 26 heavy (non-hydrogen) atoms. The van der Waals surface area contributed by atoms with Crippen molar-refractivity contribution >= 4 is 23.2 Å². The monoisotopic (exact) mass is 372 g/mol. The SMILES string of the molecule is CCc1ccc(C(C)NC(=NCC(=O)N(C)C)NCc2cccs2)cc1. The number of carbonyl (C=O) groups is 1. The lowest BCUT2D eigenvalue weighted by molar-refractivity contribution is -0.127. The van der Waals surface area contributed by atoms with Crippen LogP contribution in [0.1, 0.15) is 35.9 Å². The maximum atomic E-state index is 11.9. The maximum absolute atomic E-state index is 11.9. The Balaban J connectivity index is 2.05. The molecular weight excluding hydrogens is 344 g/mol. The maximum Gasteiger partial charge on any atom is 0.243 e. The van der Waals surface area contributed by atoms with Gasteiger partial charge in [-0.2, -0.15) is 0 Å². The minimum absolute atomic E-state index is 0.0258. The summed E-state index contributed by atoms with van der Waals surface area (Å²) in [6, 6.07) is 12.8. The molecule has 1 unspecified atom stereocenters. The molecule has 0 aliphatic heterocycles. The highest BCUT2D eigenvalue weighted by Crippen LogP contribution is 2.14. The number of amides is 1. The third-order valence-corrected chi connectivity index (χ3v) is 5.00. The van der Waals surface area contributed by atoms with E-state index in [2.05, 4.69) is 65.2 Å². The molecule has 0 aliphatic carbocycles. The van der Waals surface area contributed by atoms with Gasteiger partial charge in [0.2, 0.25) is 5.91 Å². The Labute approximate surface area is 160 Å². The molecule has 0 spiro atoms. The minimum Gasteiger partial charge on any atom is -0.351 e. The Morgan fingerprint density at radius 3 is 2.54 bits per heavy atom. The fraction of sp³-hybridized carbons (Fsp3) is 0.400. The van der Waals surface area contributed by atoms with Crippen LogP contribution in [-0.4, -0.2) is 37.4 Å². The number of rotatable bonds is 7. The second-order valence-corrected chi connectivity index (χ2v) is 7.38. The van der Waals surface area contributed by atoms with E-state index < -0.39 is 0 Å². The first-order chi connectivity index (χ1) is 12.5. The summed E-state index contributed by atoms with van der Waals surface area (Å²) in [6.45, 7) is 5.05. The van der Waals surface area contributed by atoms with Crippen molar-refractivity contribution in [2.24, 2.45) is 4.99 Å². The van der Waals surface area contributed by atoms with Crippen molar-refractivity contribution in [3.05, 3.63) is 57.8 Å². The summed E-state index contributed by atoms with van der Waals surface area (Å²) in [4.78, 5) is 19.1. The lowest BCUT2D eigenvalue weighted by Gasteiger charge is -2.19. The van der Waals surface area contributed by atoms with E-state index in [0.717, 1.165) is 6.42 Å². The first-order valence-electron chi connectivity index (χ1n) is 8.85. The number of thiophene rings is 1. The van der Waals surface area contributed by atoms with Crippen LogP contribution in [0.15, 0.2) is 46.8 Å². The highest BCUT2D eigenvalue weighted by Gasteiger charge is 2.10. The van der Waals surface area contributed by atoms with Crippen molar-refractivity contribution in [2.45, 2.75) is 32.9 Å². The molecular formula is C20H28N4OS. The van der Waals surface area contributed by atoms with Crippen molar-refractivity contribution in [1.82, 2.24) is 15.5 Å². The van der Waals surface area contributed by atoms with Crippen LogP contribution >= 0.6 is 11.3 Å². The van der Waals surface area contributed by atoms with Crippen molar-refractivity contribution in [3.8, 4) is 0 Å². The Bertz CT molecular complexity index is 708. The summed E-state index contributed by atoms with van der Waals surface area (Å²) >= 11 is 1.69. The lowest BCUT2D eigenvalue weighted by Crippen LogP contribution is -2.39. The van der Waals surface area contributed by atoms with E-state index in [4.69, 9.17) is 0 Å². The highest BCUT2D eigenvalue weighted by molar-refractivity contribution is 7.09. The predicted octanol–water partition coefficient (Wildman–Crippen LogP) is 3.20. The zero-order chi connectivity index (χ0) is 18.9. The second-order valence-electron chi connectivity index (χ2n) is 6.35. The van der Waals surface area contributed by atoms with Crippen molar-refractivity contribution in [3.63, 3.8) is 0 Å². The zero-order valence-corrected chi connectivity index (χ0v) is 16.8. The average Bonchev–Trinajstić information content (AvgIpc) is 3.17. The van der Waals surface area contributed by atoms with E-state index in [1.54, 1.807) is 30.3 Å². The third kappa shape index (κ3) is 6.19. The third-order valence-electron chi connectivity index (χ3n) is 4.12. The van der Waals surface area contributed by atoms with E-state index in [9.17, 15) is 4.79 Å². The molecule has 1 heterocycles. The smallest absolute Gasteiger partial charge is 0.243 e. The summed E-state index contributed by atoms with van der Waals surface area (Å²) in [5.74, 6) is 0.614. The van der Waals surface area contributed by atoms with Gasteiger partial charge in [0.25, 0.3) is 0 Å². The molecule has 0 radical (unpaired) electrons. The Morgan fingerprint density at radius 2 is 1.96 bits per heavy atom. The summed E-state index contributed by atoms with van der Waals surface area (Å²) < 4.78 is 0. The normalized spacial score (nSPS) is 12.5. The van der Waals surface area contributed by atoms with Gasteiger partial charge in [0.1, 0.15) is 6.54 Å². The molecule has 5 nitrogen and oxygen atoms in total. The molecule has 0 fully saturated rings. The quantitative estimate of drug-likeness (QED) is 0.580. The van der Waals surface area contributed by atoms with E-state index in [1.165, 1.54) is 16.0 Å². The number of aliphatic imine (C=N–C) groups is 1. The Kier molecular flexibility index (Phi) is 7.66. The lowest BCUT2D eigenvalue weighted by atomic mass is 10.1. The number of carbonyl (C=O) groups excluding carboxylic acids is 1. The molecule has 0 bridgehead atoms. The van der Waals surface area contributed by atoms with E-state index in [0.29, 0.717) is 12.5 Å². The number of likely N-dealkylation sites (N-methyl/N-ethyl adjacent to an activating group) is 1. The number of hydrogen-bond acceptors (Lipinski definition) is 3. The van der Waals surface area contributed by atoms with Gasteiger partial charge in [-0.05, 0) is 35.9 Å². The van der Waals surface area contributed by atoms with Gasteiger partial charge in [0.05, 0.1) is 12.6 Å². The van der Waals surface area contributed by atoms with Crippen LogP contribution in [0.25, 0.3) is 0 Å². The van der Waals surface area contributed by atoms with Crippen molar-refractivity contribution < 1.29 is 4.79 Å². The van der Waals surface area contributed by atoms with Crippen LogP contribution in [0, 0.1) is 0 Å². The second kappa shape index (κ2) is 9.97. The average molecular weight is 373 g/mol. The van der Waals surface area contributed by atoms with Crippen molar-refractivity contribution in [1.29, 1.82) is 0 Å². The summed E-state index contributed by atoms with van der Waals surface area (Å²) in [6.07, 6.45) is 1.03. The molecule has 1 amide bonds. The van der Waals surface area contributed by atoms with Gasteiger partial charge >= 0.3 is 0 Å². The Hall–Kier alpha value is -2.34. The molecule has 140 valence electrons. The topological polar surface area (TPSA) is 56.7 Å². The molecule has 0 aliphatic rings. The summed E-state index contributed by atoms with van der Waals surface area (Å²) in [5, 5.41) is 8.77. The summed E-state index contributed by atoms with van der Waals surface area (Å²) in [7, 11) is 3.48. The van der Waals surface area contributed by atoms with Gasteiger partial charge in [-0.3, -0.25) is 4.79 Å². The van der Waals surface area contributed by atoms with E-state index in [-0.39, 0.29) is 18.5 Å². The zero-order valence-electron chi connectivity index (χ0n) is 16.0. The molecule has 1 aromatic heterocycles. The number of hydrogen-bond donors (Lipinski definition) is 2. The standard InChI is InChI=1S/C20H28N4OS/c1-5-16-8-10-17(11-9-16)15(2)23-20(22-14-19(25)24(3)4)21-13-18-7-6-12-26-18/h6-12,15H,5,13-14H2,1-4H3,(H2,21,22,23). The van der Waals surface area contributed by atoms with Gasteiger partial charge in [-0.1, -0.05) is 37.3 Å².